The zero-order chi connectivity index (χ0) is 10.7. The van der Waals surface area contributed by atoms with Crippen molar-refractivity contribution in [3.05, 3.63) is 18.0 Å². The lowest BCUT2D eigenvalue weighted by Crippen LogP contribution is -2.38. The molecule has 2 heterocycles. The van der Waals surface area contributed by atoms with Crippen LogP contribution >= 0.6 is 0 Å². The lowest BCUT2D eigenvalue weighted by molar-refractivity contribution is 0.671. The zero-order valence-corrected chi connectivity index (χ0v) is 8.90. The second kappa shape index (κ2) is 4.36. The molecule has 0 radical (unpaired) electrons. The molecule has 15 heavy (non-hydrogen) atoms. The summed E-state index contributed by atoms with van der Waals surface area (Å²) in [7, 11) is -0.704. The van der Waals surface area contributed by atoms with Crippen LogP contribution in [0.2, 0.25) is 0 Å². The van der Waals surface area contributed by atoms with Crippen LogP contribution in [0.15, 0.2) is 12.3 Å². The Balaban J connectivity index is 2.16. The number of nitriles is 1. The van der Waals surface area contributed by atoms with E-state index < -0.39 is 10.8 Å². The number of nitrogens with zero attached hydrogens (tertiary/aromatic N) is 4. The topological polar surface area (TPSA) is 69.9 Å². The zero-order valence-electron chi connectivity index (χ0n) is 8.09. The summed E-state index contributed by atoms with van der Waals surface area (Å²) in [6, 6.07) is 3.55. The monoisotopic (exact) mass is 222 g/mol. The van der Waals surface area contributed by atoms with Crippen molar-refractivity contribution in [3.8, 4) is 6.07 Å². The molecule has 6 heteroatoms. The van der Waals surface area contributed by atoms with Gasteiger partial charge in [-0.2, -0.15) is 5.26 Å². The molecule has 0 N–H and O–H groups in total. The van der Waals surface area contributed by atoms with Crippen LogP contribution < -0.4 is 4.90 Å². The van der Waals surface area contributed by atoms with Gasteiger partial charge < -0.3 is 4.90 Å². The molecule has 0 bridgehead atoms. The van der Waals surface area contributed by atoms with Gasteiger partial charge in [0, 0.05) is 41.6 Å². The van der Waals surface area contributed by atoms with E-state index in [1.807, 2.05) is 11.0 Å². The fraction of sp³-hybridized carbons (Fsp3) is 0.444. The van der Waals surface area contributed by atoms with Crippen molar-refractivity contribution in [3.63, 3.8) is 0 Å². The molecular weight excluding hydrogens is 212 g/mol. The van der Waals surface area contributed by atoms with Crippen molar-refractivity contribution < 1.29 is 4.21 Å². The second-order valence-corrected chi connectivity index (χ2v) is 4.88. The third kappa shape index (κ3) is 2.30. The molecule has 2 rings (SSSR count). The minimum atomic E-state index is -0.704. The van der Waals surface area contributed by atoms with Crippen LogP contribution in [0, 0.1) is 11.3 Å². The highest BCUT2D eigenvalue weighted by Crippen LogP contribution is 2.10. The molecule has 5 nitrogen and oxygen atoms in total. The van der Waals surface area contributed by atoms with Gasteiger partial charge in [-0.15, -0.1) is 0 Å². The lowest BCUT2D eigenvalue weighted by Gasteiger charge is -2.25. The first kappa shape index (κ1) is 10.1. The molecule has 1 aliphatic rings. The Morgan fingerprint density at radius 1 is 1.47 bits per heavy atom. The minimum Gasteiger partial charge on any atom is -0.339 e. The van der Waals surface area contributed by atoms with Crippen molar-refractivity contribution in [2.45, 2.75) is 0 Å². The van der Waals surface area contributed by atoms with E-state index in [1.165, 1.54) is 0 Å². The molecule has 0 amide bonds. The number of aromatic nitrogens is 2. The largest absolute Gasteiger partial charge is 0.339 e. The third-order valence-corrected chi connectivity index (χ3v) is 3.49. The van der Waals surface area contributed by atoms with E-state index in [2.05, 4.69) is 9.97 Å². The summed E-state index contributed by atoms with van der Waals surface area (Å²) < 4.78 is 11.2. The van der Waals surface area contributed by atoms with Gasteiger partial charge in [0.1, 0.15) is 11.8 Å². The van der Waals surface area contributed by atoms with Gasteiger partial charge >= 0.3 is 0 Å². The Bertz CT molecular complexity index is 418. The highest BCUT2D eigenvalue weighted by Gasteiger charge is 2.17. The first-order valence-electron chi connectivity index (χ1n) is 4.62. The SMILES string of the molecule is N#Cc1ccnc(N2CCS(=O)CC2)n1. The van der Waals surface area contributed by atoms with Gasteiger partial charge in [0.25, 0.3) is 0 Å². The summed E-state index contributed by atoms with van der Waals surface area (Å²) in [5.41, 5.74) is 0.367. The number of anilines is 1. The molecular formula is C9H10N4OS. The lowest BCUT2D eigenvalue weighted by atomic mass is 10.4. The predicted octanol–water partition coefficient (Wildman–Crippen LogP) is -0.0830. The van der Waals surface area contributed by atoms with Gasteiger partial charge in [-0.25, -0.2) is 9.97 Å². The number of hydrogen-bond acceptors (Lipinski definition) is 5. The summed E-state index contributed by atoms with van der Waals surface area (Å²) in [4.78, 5) is 10.2. The van der Waals surface area contributed by atoms with Crippen LogP contribution in [0.1, 0.15) is 5.69 Å². The molecule has 0 saturated carbocycles. The third-order valence-electron chi connectivity index (χ3n) is 2.22. The Morgan fingerprint density at radius 3 is 2.87 bits per heavy atom. The molecule has 1 aliphatic heterocycles. The van der Waals surface area contributed by atoms with Crippen LogP contribution in [0.5, 0.6) is 0 Å². The van der Waals surface area contributed by atoms with Crippen LogP contribution in [-0.4, -0.2) is 38.8 Å². The Morgan fingerprint density at radius 2 is 2.20 bits per heavy atom. The Labute approximate surface area is 90.2 Å². The highest BCUT2D eigenvalue weighted by atomic mass is 32.2. The van der Waals surface area contributed by atoms with E-state index in [4.69, 9.17) is 5.26 Å². The van der Waals surface area contributed by atoms with Crippen LogP contribution in [-0.2, 0) is 10.8 Å². The van der Waals surface area contributed by atoms with E-state index in [9.17, 15) is 4.21 Å². The van der Waals surface area contributed by atoms with Crippen LogP contribution in [0.3, 0.4) is 0 Å². The van der Waals surface area contributed by atoms with Gasteiger partial charge in [-0.05, 0) is 6.07 Å². The number of hydrogen-bond donors (Lipinski definition) is 0. The molecule has 1 aromatic rings. The van der Waals surface area contributed by atoms with E-state index in [-0.39, 0.29) is 0 Å². The molecule has 78 valence electrons. The molecule has 1 aromatic heterocycles. The fourth-order valence-electron chi connectivity index (χ4n) is 1.40. The van der Waals surface area contributed by atoms with Gasteiger partial charge in [0.15, 0.2) is 0 Å². The molecule has 1 fully saturated rings. The van der Waals surface area contributed by atoms with E-state index in [0.717, 1.165) is 0 Å². The summed E-state index contributed by atoms with van der Waals surface area (Å²) in [5, 5.41) is 8.70. The molecule has 0 atom stereocenters. The van der Waals surface area contributed by atoms with Crippen molar-refractivity contribution >= 4 is 16.7 Å². The van der Waals surface area contributed by atoms with Crippen molar-refractivity contribution in [2.75, 3.05) is 29.5 Å². The average Bonchev–Trinajstić information content (AvgIpc) is 2.30. The Hall–Kier alpha value is -1.48. The van der Waals surface area contributed by atoms with Gasteiger partial charge in [0.05, 0.1) is 0 Å². The fourth-order valence-corrected chi connectivity index (χ4v) is 2.45. The van der Waals surface area contributed by atoms with Gasteiger partial charge in [0.2, 0.25) is 5.95 Å². The molecule has 0 unspecified atom stereocenters. The van der Waals surface area contributed by atoms with E-state index in [1.54, 1.807) is 12.3 Å². The molecule has 1 saturated heterocycles. The molecule has 0 aromatic carbocycles. The normalized spacial score (nSPS) is 17.4. The van der Waals surface area contributed by atoms with E-state index >= 15 is 0 Å². The number of rotatable bonds is 1. The summed E-state index contributed by atoms with van der Waals surface area (Å²) in [6.07, 6.45) is 1.58. The second-order valence-electron chi connectivity index (χ2n) is 3.19. The van der Waals surface area contributed by atoms with E-state index in [0.29, 0.717) is 36.2 Å². The minimum absolute atomic E-state index is 0.367. The maximum absolute atomic E-state index is 11.2. The van der Waals surface area contributed by atoms with Gasteiger partial charge in [-0.1, -0.05) is 0 Å². The van der Waals surface area contributed by atoms with Crippen molar-refractivity contribution in [1.82, 2.24) is 9.97 Å². The van der Waals surface area contributed by atoms with Crippen LogP contribution in [0.4, 0.5) is 5.95 Å². The van der Waals surface area contributed by atoms with Crippen molar-refractivity contribution in [2.24, 2.45) is 0 Å². The molecule has 0 spiro atoms. The Kier molecular flexibility index (Phi) is 2.92. The van der Waals surface area contributed by atoms with Crippen LogP contribution in [0.25, 0.3) is 0 Å². The smallest absolute Gasteiger partial charge is 0.226 e. The first-order chi connectivity index (χ1) is 7.29. The predicted molar refractivity (Wildman–Crippen MR) is 56.8 cm³/mol. The standard InChI is InChI=1S/C9H10N4OS/c10-7-8-1-2-11-9(12-8)13-3-5-15(14)6-4-13/h1-2H,3-6H2. The first-order valence-corrected chi connectivity index (χ1v) is 6.11. The summed E-state index contributed by atoms with van der Waals surface area (Å²) in [6.45, 7) is 1.39. The quantitative estimate of drug-likeness (QED) is 0.664. The summed E-state index contributed by atoms with van der Waals surface area (Å²) >= 11 is 0. The summed E-state index contributed by atoms with van der Waals surface area (Å²) in [5.74, 6) is 1.87. The maximum Gasteiger partial charge on any atom is 0.226 e. The highest BCUT2D eigenvalue weighted by molar-refractivity contribution is 7.85. The maximum atomic E-state index is 11.2. The van der Waals surface area contributed by atoms with Gasteiger partial charge in [-0.3, -0.25) is 4.21 Å². The average molecular weight is 222 g/mol. The molecule has 0 aliphatic carbocycles. The van der Waals surface area contributed by atoms with Crippen molar-refractivity contribution in [1.29, 1.82) is 5.26 Å².